The van der Waals surface area contributed by atoms with Crippen molar-refractivity contribution in [2.45, 2.75) is 32.2 Å². The second-order valence-corrected chi connectivity index (χ2v) is 4.15. The molecule has 14 heavy (non-hydrogen) atoms. The minimum atomic E-state index is -0.793. The van der Waals surface area contributed by atoms with Crippen molar-refractivity contribution in [3.63, 3.8) is 0 Å². The molecule has 4 heteroatoms. The molecule has 0 aromatic rings. The summed E-state index contributed by atoms with van der Waals surface area (Å²) >= 11 is 0. The molecule has 1 aliphatic heterocycles. The predicted molar refractivity (Wildman–Crippen MR) is 55.4 cm³/mol. The summed E-state index contributed by atoms with van der Waals surface area (Å²) in [5.41, 5.74) is -0.793. The molecular weight excluding hydrogens is 180 g/mol. The molecule has 82 valence electrons. The third-order valence-electron chi connectivity index (χ3n) is 2.78. The largest absolute Gasteiger partial charge is 0.480 e. The normalized spacial score (nSPS) is 22.1. The van der Waals surface area contributed by atoms with Gasteiger partial charge in [0.15, 0.2) is 0 Å². The average molecular weight is 200 g/mol. The van der Waals surface area contributed by atoms with Gasteiger partial charge in [-0.2, -0.15) is 0 Å². The maximum atomic E-state index is 11.1. The number of carboxylic acids is 1. The van der Waals surface area contributed by atoms with Crippen molar-refractivity contribution in [3.8, 4) is 0 Å². The highest BCUT2D eigenvalue weighted by molar-refractivity contribution is 5.78. The third kappa shape index (κ3) is 2.69. The van der Waals surface area contributed by atoms with Crippen molar-refractivity contribution in [1.29, 1.82) is 0 Å². The van der Waals surface area contributed by atoms with Crippen LogP contribution in [0.4, 0.5) is 0 Å². The van der Waals surface area contributed by atoms with E-state index in [1.165, 1.54) is 12.8 Å². The molecule has 1 saturated heterocycles. The van der Waals surface area contributed by atoms with E-state index in [9.17, 15) is 4.79 Å². The van der Waals surface area contributed by atoms with Crippen molar-refractivity contribution < 1.29 is 9.90 Å². The lowest BCUT2D eigenvalue weighted by Crippen LogP contribution is -2.56. The van der Waals surface area contributed by atoms with Crippen molar-refractivity contribution in [1.82, 2.24) is 10.2 Å². The van der Waals surface area contributed by atoms with Gasteiger partial charge < -0.3 is 15.3 Å². The molecular formula is C10H20N2O2. The predicted octanol–water partition coefficient (Wildman–Crippen LogP) is 0.535. The number of hydrogen-bond acceptors (Lipinski definition) is 3. The molecule has 1 unspecified atom stereocenters. The highest BCUT2D eigenvalue weighted by Crippen LogP contribution is 2.13. The Morgan fingerprint density at radius 1 is 1.50 bits per heavy atom. The summed E-state index contributed by atoms with van der Waals surface area (Å²) in [6.07, 6.45) is 2.39. The lowest BCUT2D eigenvalue weighted by Gasteiger charge is -2.30. The SMILES string of the molecule is CCNC(C)(CN1CCCC1)C(=O)O. The van der Waals surface area contributed by atoms with Crippen LogP contribution < -0.4 is 5.32 Å². The van der Waals surface area contributed by atoms with E-state index in [0.29, 0.717) is 13.1 Å². The quantitative estimate of drug-likeness (QED) is 0.680. The fraction of sp³-hybridized carbons (Fsp3) is 0.900. The number of nitrogens with zero attached hydrogens (tertiary/aromatic N) is 1. The lowest BCUT2D eigenvalue weighted by atomic mass is 10.0. The number of carboxylic acid groups (broad SMARTS) is 1. The van der Waals surface area contributed by atoms with Gasteiger partial charge in [-0.3, -0.25) is 4.79 Å². The fourth-order valence-corrected chi connectivity index (χ4v) is 1.98. The highest BCUT2D eigenvalue weighted by Gasteiger charge is 2.34. The van der Waals surface area contributed by atoms with Gasteiger partial charge >= 0.3 is 5.97 Å². The van der Waals surface area contributed by atoms with E-state index in [1.807, 2.05) is 6.92 Å². The van der Waals surface area contributed by atoms with Crippen LogP contribution in [0.15, 0.2) is 0 Å². The molecule has 1 fully saturated rings. The van der Waals surface area contributed by atoms with Crippen LogP contribution in [0.1, 0.15) is 26.7 Å². The van der Waals surface area contributed by atoms with Crippen LogP contribution in [0.3, 0.4) is 0 Å². The molecule has 0 bridgehead atoms. The summed E-state index contributed by atoms with van der Waals surface area (Å²) in [5, 5.41) is 12.2. The molecule has 0 aromatic heterocycles. The van der Waals surface area contributed by atoms with E-state index in [0.717, 1.165) is 13.1 Å². The Labute approximate surface area is 85.3 Å². The van der Waals surface area contributed by atoms with E-state index in [1.54, 1.807) is 6.92 Å². The molecule has 0 aliphatic carbocycles. The Hall–Kier alpha value is -0.610. The summed E-state index contributed by atoms with van der Waals surface area (Å²) in [7, 11) is 0. The Morgan fingerprint density at radius 2 is 2.07 bits per heavy atom. The average Bonchev–Trinajstić information content (AvgIpc) is 2.56. The summed E-state index contributed by atoms with van der Waals surface area (Å²) in [4.78, 5) is 13.3. The maximum absolute atomic E-state index is 11.1. The zero-order chi connectivity index (χ0) is 10.6. The van der Waals surface area contributed by atoms with E-state index >= 15 is 0 Å². The first kappa shape index (κ1) is 11.5. The maximum Gasteiger partial charge on any atom is 0.324 e. The van der Waals surface area contributed by atoms with Crippen LogP contribution >= 0.6 is 0 Å². The summed E-state index contributed by atoms with van der Waals surface area (Å²) in [5.74, 6) is -0.758. The highest BCUT2D eigenvalue weighted by atomic mass is 16.4. The topological polar surface area (TPSA) is 52.6 Å². The zero-order valence-corrected chi connectivity index (χ0v) is 9.05. The van der Waals surface area contributed by atoms with E-state index < -0.39 is 11.5 Å². The van der Waals surface area contributed by atoms with Crippen LogP contribution in [-0.4, -0.2) is 47.7 Å². The molecule has 0 saturated carbocycles. The Bertz CT molecular complexity index is 202. The van der Waals surface area contributed by atoms with Gasteiger partial charge in [-0.15, -0.1) is 0 Å². The molecule has 4 nitrogen and oxygen atoms in total. The third-order valence-corrected chi connectivity index (χ3v) is 2.78. The fourth-order valence-electron chi connectivity index (χ4n) is 1.98. The zero-order valence-electron chi connectivity index (χ0n) is 9.05. The van der Waals surface area contributed by atoms with Crippen molar-refractivity contribution in [3.05, 3.63) is 0 Å². The first-order valence-corrected chi connectivity index (χ1v) is 5.29. The number of likely N-dealkylation sites (tertiary alicyclic amines) is 1. The van der Waals surface area contributed by atoms with Gasteiger partial charge in [0.1, 0.15) is 5.54 Å². The summed E-state index contributed by atoms with van der Waals surface area (Å²) in [6, 6.07) is 0. The van der Waals surface area contributed by atoms with Gasteiger partial charge in [0.2, 0.25) is 0 Å². The van der Waals surface area contributed by atoms with Gasteiger partial charge in [0.05, 0.1) is 0 Å². The van der Waals surface area contributed by atoms with Gasteiger partial charge in [-0.1, -0.05) is 6.92 Å². The van der Waals surface area contributed by atoms with Gasteiger partial charge in [0, 0.05) is 6.54 Å². The van der Waals surface area contributed by atoms with Crippen LogP contribution in [0.25, 0.3) is 0 Å². The minimum Gasteiger partial charge on any atom is -0.480 e. The molecule has 1 aliphatic rings. The second-order valence-electron chi connectivity index (χ2n) is 4.15. The van der Waals surface area contributed by atoms with Crippen molar-refractivity contribution >= 4 is 5.97 Å². The number of rotatable bonds is 5. The molecule has 0 radical (unpaired) electrons. The van der Waals surface area contributed by atoms with Crippen LogP contribution in [0.2, 0.25) is 0 Å². The monoisotopic (exact) mass is 200 g/mol. The summed E-state index contributed by atoms with van der Waals surface area (Å²) in [6.45, 7) is 7.07. The molecule has 1 heterocycles. The van der Waals surface area contributed by atoms with Gasteiger partial charge in [0.25, 0.3) is 0 Å². The van der Waals surface area contributed by atoms with Crippen LogP contribution in [0.5, 0.6) is 0 Å². The molecule has 1 atom stereocenters. The van der Waals surface area contributed by atoms with Crippen molar-refractivity contribution in [2.24, 2.45) is 0 Å². The van der Waals surface area contributed by atoms with Crippen LogP contribution in [0, 0.1) is 0 Å². The van der Waals surface area contributed by atoms with E-state index in [4.69, 9.17) is 5.11 Å². The number of carbonyl (C=O) groups is 1. The van der Waals surface area contributed by atoms with Gasteiger partial charge in [-0.25, -0.2) is 0 Å². The number of nitrogens with one attached hydrogen (secondary N) is 1. The summed E-state index contributed by atoms with van der Waals surface area (Å²) < 4.78 is 0. The number of aliphatic carboxylic acids is 1. The standard InChI is InChI=1S/C10H20N2O2/c1-3-11-10(2,9(13)14)8-12-6-4-5-7-12/h11H,3-8H2,1-2H3,(H,13,14). The molecule has 1 rings (SSSR count). The minimum absolute atomic E-state index is 0.607. The van der Waals surface area contributed by atoms with Crippen LogP contribution in [-0.2, 0) is 4.79 Å². The van der Waals surface area contributed by atoms with E-state index in [2.05, 4.69) is 10.2 Å². The van der Waals surface area contributed by atoms with E-state index in [-0.39, 0.29) is 0 Å². The Morgan fingerprint density at radius 3 is 2.50 bits per heavy atom. The van der Waals surface area contributed by atoms with Gasteiger partial charge in [-0.05, 0) is 39.4 Å². The second kappa shape index (κ2) is 4.75. The number of hydrogen-bond donors (Lipinski definition) is 2. The van der Waals surface area contributed by atoms with Crippen molar-refractivity contribution in [2.75, 3.05) is 26.2 Å². The first-order chi connectivity index (χ1) is 6.58. The Balaban J connectivity index is 2.53. The molecule has 2 N–H and O–H groups in total. The first-order valence-electron chi connectivity index (χ1n) is 5.29. The number of likely N-dealkylation sites (N-methyl/N-ethyl adjacent to an activating group) is 1. The Kier molecular flexibility index (Phi) is 3.89. The lowest BCUT2D eigenvalue weighted by molar-refractivity contribution is -0.144. The molecule has 0 spiro atoms. The molecule has 0 aromatic carbocycles. The smallest absolute Gasteiger partial charge is 0.324 e. The molecule has 0 amide bonds.